The molecular formula is C16H32N2OS. The summed E-state index contributed by atoms with van der Waals surface area (Å²) in [7, 11) is 0. The number of ether oxygens (including phenoxy) is 1. The summed E-state index contributed by atoms with van der Waals surface area (Å²) in [5.41, 5.74) is 0.190. The Labute approximate surface area is 129 Å². The molecule has 0 bridgehead atoms. The van der Waals surface area contributed by atoms with Crippen molar-refractivity contribution in [2.24, 2.45) is 0 Å². The topological polar surface area (TPSA) is 24.5 Å². The van der Waals surface area contributed by atoms with Crippen LogP contribution in [0, 0.1) is 0 Å². The minimum atomic E-state index is 0.190. The highest BCUT2D eigenvalue weighted by atomic mass is 32.2. The molecule has 0 aliphatic carbocycles. The van der Waals surface area contributed by atoms with E-state index in [2.05, 4.69) is 56.6 Å². The standard InChI is InChI=1S/C16H32N2OS/c1-15(2,3)17-10-13-6-7-14(19-13)11-18-8-9-20-16(4,5)12-18/h13-14,17H,6-12H2,1-5H3. The second-order valence-electron chi connectivity index (χ2n) is 7.93. The van der Waals surface area contributed by atoms with Gasteiger partial charge in [-0.05, 0) is 47.5 Å². The lowest BCUT2D eigenvalue weighted by Crippen LogP contribution is -2.46. The molecule has 0 aromatic heterocycles. The molecule has 2 rings (SSSR count). The first-order valence-corrected chi connectivity index (χ1v) is 8.99. The van der Waals surface area contributed by atoms with Crippen molar-refractivity contribution >= 4 is 11.8 Å². The Bertz CT molecular complexity index is 314. The van der Waals surface area contributed by atoms with Gasteiger partial charge in [-0.3, -0.25) is 4.90 Å². The van der Waals surface area contributed by atoms with Crippen LogP contribution < -0.4 is 5.32 Å². The van der Waals surface area contributed by atoms with Gasteiger partial charge in [-0.25, -0.2) is 0 Å². The van der Waals surface area contributed by atoms with E-state index in [-0.39, 0.29) is 5.54 Å². The van der Waals surface area contributed by atoms with Crippen molar-refractivity contribution < 1.29 is 4.74 Å². The van der Waals surface area contributed by atoms with Crippen LogP contribution in [0.25, 0.3) is 0 Å². The van der Waals surface area contributed by atoms with E-state index in [1.165, 1.54) is 31.7 Å². The third-order valence-corrected chi connectivity index (χ3v) is 5.32. The SMILES string of the molecule is CC(C)(C)NCC1CCC(CN2CCSC(C)(C)C2)O1. The molecule has 1 N–H and O–H groups in total. The van der Waals surface area contributed by atoms with Crippen molar-refractivity contribution in [1.82, 2.24) is 10.2 Å². The largest absolute Gasteiger partial charge is 0.372 e. The van der Waals surface area contributed by atoms with Crippen LogP contribution in [0.15, 0.2) is 0 Å². The quantitative estimate of drug-likeness (QED) is 0.863. The maximum atomic E-state index is 6.22. The van der Waals surface area contributed by atoms with E-state index in [4.69, 9.17) is 4.74 Å². The minimum Gasteiger partial charge on any atom is -0.372 e. The fourth-order valence-electron chi connectivity index (χ4n) is 3.04. The third-order valence-electron chi connectivity index (χ3n) is 4.02. The molecule has 2 heterocycles. The van der Waals surface area contributed by atoms with Gasteiger partial charge < -0.3 is 10.1 Å². The second-order valence-corrected chi connectivity index (χ2v) is 9.73. The van der Waals surface area contributed by atoms with E-state index in [1.807, 2.05) is 0 Å². The van der Waals surface area contributed by atoms with Crippen molar-refractivity contribution in [2.45, 2.75) is 70.0 Å². The zero-order valence-electron chi connectivity index (χ0n) is 13.9. The molecule has 0 aromatic rings. The number of hydrogen-bond acceptors (Lipinski definition) is 4. The van der Waals surface area contributed by atoms with Crippen molar-refractivity contribution in [3.8, 4) is 0 Å². The van der Waals surface area contributed by atoms with Crippen LogP contribution in [0.4, 0.5) is 0 Å². The van der Waals surface area contributed by atoms with Crippen LogP contribution >= 0.6 is 11.8 Å². The summed E-state index contributed by atoms with van der Waals surface area (Å²) in [6.45, 7) is 15.9. The van der Waals surface area contributed by atoms with Crippen molar-refractivity contribution in [3.05, 3.63) is 0 Å². The van der Waals surface area contributed by atoms with E-state index in [9.17, 15) is 0 Å². The third kappa shape index (κ3) is 5.55. The van der Waals surface area contributed by atoms with Crippen molar-refractivity contribution in [2.75, 3.05) is 31.9 Å². The van der Waals surface area contributed by atoms with Gasteiger partial charge in [-0.15, -0.1) is 0 Å². The lowest BCUT2D eigenvalue weighted by molar-refractivity contribution is 0.0202. The van der Waals surface area contributed by atoms with E-state index < -0.39 is 0 Å². The number of rotatable bonds is 4. The normalized spacial score (nSPS) is 31.6. The molecule has 4 heteroatoms. The molecule has 0 spiro atoms. The summed E-state index contributed by atoms with van der Waals surface area (Å²) in [6.07, 6.45) is 3.28. The van der Waals surface area contributed by atoms with Gasteiger partial charge in [0.15, 0.2) is 0 Å². The van der Waals surface area contributed by atoms with E-state index in [0.29, 0.717) is 17.0 Å². The Morgan fingerprint density at radius 1 is 1.25 bits per heavy atom. The van der Waals surface area contributed by atoms with Gasteiger partial charge in [-0.2, -0.15) is 11.8 Å². The second kappa shape index (κ2) is 6.55. The molecular weight excluding hydrogens is 268 g/mol. The van der Waals surface area contributed by atoms with Gasteiger partial charge >= 0.3 is 0 Å². The summed E-state index contributed by atoms with van der Waals surface area (Å²) in [6, 6.07) is 0. The Morgan fingerprint density at radius 3 is 2.60 bits per heavy atom. The number of hydrogen-bond donors (Lipinski definition) is 1. The highest BCUT2D eigenvalue weighted by molar-refractivity contribution is 8.00. The maximum absolute atomic E-state index is 6.22. The molecule has 2 fully saturated rings. The van der Waals surface area contributed by atoms with Gasteiger partial charge in [0.05, 0.1) is 12.2 Å². The number of nitrogens with one attached hydrogen (secondary N) is 1. The first-order valence-electron chi connectivity index (χ1n) is 8.00. The van der Waals surface area contributed by atoms with Crippen LogP contribution in [0.5, 0.6) is 0 Å². The van der Waals surface area contributed by atoms with Crippen LogP contribution in [-0.2, 0) is 4.74 Å². The Morgan fingerprint density at radius 2 is 1.95 bits per heavy atom. The van der Waals surface area contributed by atoms with Gasteiger partial charge in [0, 0.05) is 42.2 Å². The lowest BCUT2D eigenvalue weighted by Gasteiger charge is -2.38. The highest BCUT2D eigenvalue weighted by Gasteiger charge is 2.31. The van der Waals surface area contributed by atoms with Crippen LogP contribution in [0.3, 0.4) is 0 Å². The van der Waals surface area contributed by atoms with Crippen LogP contribution in [0.2, 0.25) is 0 Å². The van der Waals surface area contributed by atoms with Crippen molar-refractivity contribution in [3.63, 3.8) is 0 Å². The van der Waals surface area contributed by atoms with Crippen LogP contribution in [-0.4, -0.2) is 59.3 Å². The molecule has 0 radical (unpaired) electrons. The maximum Gasteiger partial charge on any atom is 0.0707 e. The predicted molar refractivity (Wildman–Crippen MR) is 88.6 cm³/mol. The molecule has 2 aliphatic rings. The Balaban J connectivity index is 1.71. The van der Waals surface area contributed by atoms with E-state index in [0.717, 1.165) is 13.1 Å². The van der Waals surface area contributed by atoms with Crippen LogP contribution in [0.1, 0.15) is 47.5 Å². The molecule has 2 unspecified atom stereocenters. The molecule has 0 aromatic carbocycles. The minimum absolute atomic E-state index is 0.190. The van der Waals surface area contributed by atoms with Crippen molar-refractivity contribution in [1.29, 1.82) is 0 Å². The lowest BCUT2D eigenvalue weighted by atomic mass is 10.1. The highest BCUT2D eigenvalue weighted by Crippen LogP contribution is 2.30. The number of thioether (sulfide) groups is 1. The Hall–Kier alpha value is 0.230. The average molecular weight is 301 g/mol. The van der Waals surface area contributed by atoms with Gasteiger partial charge in [-0.1, -0.05) is 0 Å². The zero-order chi connectivity index (χ0) is 14.8. The molecule has 2 atom stereocenters. The number of nitrogens with zero attached hydrogens (tertiary/aromatic N) is 1. The molecule has 20 heavy (non-hydrogen) atoms. The summed E-state index contributed by atoms with van der Waals surface area (Å²) < 4.78 is 6.62. The smallest absolute Gasteiger partial charge is 0.0707 e. The molecule has 0 amide bonds. The molecule has 2 saturated heterocycles. The molecule has 3 nitrogen and oxygen atoms in total. The Kier molecular flexibility index (Phi) is 5.44. The zero-order valence-corrected chi connectivity index (χ0v) is 14.7. The predicted octanol–water partition coefficient (Wildman–Crippen LogP) is 2.75. The van der Waals surface area contributed by atoms with E-state index in [1.54, 1.807) is 0 Å². The average Bonchev–Trinajstić information content (AvgIpc) is 2.72. The monoisotopic (exact) mass is 300 g/mol. The van der Waals surface area contributed by atoms with Gasteiger partial charge in [0.25, 0.3) is 0 Å². The fraction of sp³-hybridized carbons (Fsp3) is 1.00. The van der Waals surface area contributed by atoms with E-state index >= 15 is 0 Å². The first-order chi connectivity index (χ1) is 9.23. The first kappa shape index (κ1) is 16.6. The summed E-state index contributed by atoms with van der Waals surface area (Å²) in [5.74, 6) is 1.26. The van der Waals surface area contributed by atoms with Gasteiger partial charge in [0.1, 0.15) is 0 Å². The molecule has 2 aliphatic heterocycles. The summed E-state index contributed by atoms with van der Waals surface area (Å²) in [5, 5.41) is 3.56. The van der Waals surface area contributed by atoms with Gasteiger partial charge in [0.2, 0.25) is 0 Å². The molecule has 0 saturated carbocycles. The molecule has 118 valence electrons. The summed E-state index contributed by atoms with van der Waals surface area (Å²) >= 11 is 2.10. The fourth-order valence-corrected chi connectivity index (χ4v) is 4.22. The summed E-state index contributed by atoms with van der Waals surface area (Å²) in [4.78, 5) is 2.60.